The third-order valence-corrected chi connectivity index (χ3v) is 4.62. The van der Waals surface area contributed by atoms with E-state index in [2.05, 4.69) is 15.4 Å². The standard InChI is InChI=1S/C13H16N4O3S/c1-7(18)14-13-15-11-10(21-13)9(12(19)20)16-17(11)8-5-3-2-4-6-8/h8H,2-6H2,1H3,(H,19,20)(H,14,15,18). The first-order chi connectivity index (χ1) is 10.1. The molecule has 0 bridgehead atoms. The van der Waals surface area contributed by atoms with Crippen LogP contribution >= 0.6 is 11.3 Å². The molecule has 1 amide bonds. The molecule has 0 radical (unpaired) electrons. The zero-order valence-electron chi connectivity index (χ0n) is 11.6. The highest BCUT2D eigenvalue weighted by molar-refractivity contribution is 7.22. The number of nitrogens with zero attached hydrogens (tertiary/aromatic N) is 3. The zero-order valence-corrected chi connectivity index (χ0v) is 12.4. The molecule has 2 heterocycles. The van der Waals surface area contributed by atoms with Crippen molar-refractivity contribution >= 4 is 38.7 Å². The van der Waals surface area contributed by atoms with Crippen molar-refractivity contribution < 1.29 is 14.7 Å². The van der Waals surface area contributed by atoms with E-state index in [4.69, 9.17) is 0 Å². The number of nitrogens with one attached hydrogen (secondary N) is 1. The molecule has 3 rings (SSSR count). The summed E-state index contributed by atoms with van der Waals surface area (Å²) in [5, 5.41) is 16.6. The van der Waals surface area contributed by atoms with Gasteiger partial charge in [0.25, 0.3) is 0 Å². The van der Waals surface area contributed by atoms with Crippen molar-refractivity contribution in [2.75, 3.05) is 5.32 Å². The average Bonchev–Trinajstić information content (AvgIpc) is 2.96. The van der Waals surface area contributed by atoms with Gasteiger partial charge in [-0.15, -0.1) is 0 Å². The van der Waals surface area contributed by atoms with Gasteiger partial charge in [-0.2, -0.15) is 10.1 Å². The van der Waals surface area contributed by atoms with E-state index < -0.39 is 5.97 Å². The summed E-state index contributed by atoms with van der Waals surface area (Å²) in [6.45, 7) is 1.40. The van der Waals surface area contributed by atoms with Gasteiger partial charge in [-0.3, -0.25) is 4.79 Å². The number of aromatic carboxylic acids is 1. The lowest BCUT2D eigenvalue weighted by Gasteiger charge is -2.21. The zero-order chi connectivity index (χ0) is 15.0. The van der Waals surface area contributed by atoms with E-state index in [1.807, 2.05) is 0 Å². The summed E-state index contributed by atoms with van der Waals surface area (Å²) in [5.41, 5.74) is 0.581. The summed E-state index contributed by atoms with van der Waals surface area (Å²) >= 11 is 1.16. The first-order valence-corrected chi connectivity index (χ1v) is 7.78. The summed E-state index contributed by atoms with van der Waals surface area (Å²) in [7, 11) is 0. The highest BCUT2D eigenvalue weighted by atomic mass is 32.1. The van der Waals surface area contributed by atoms with Gasteiger partial charge in [0.15, 0.2) is 16.5 Å². The van der Waals surface area contributed by atoms with Crippen LogP contribution in [0.3, 0.4) is 0 Å². The SMILES string of the molecule is CC(=O)Nc1nc2c(s1)c(C(=O)O)nn2C1CCCCC1. The van der Waals surface area contributed by atoms with Crippen LogP contribution in [0.25, 0.3) is 10.3 Å². The largest absolute Gasteiger partial charge is 0.476 e. The molecule has 8 heteroatoms. The number of carbonyl (C=O) groups is 2. The highest BCUT2D eigenvalue weighted by Gasteiger charge is 2.26. The Bertz CT molecular complexity index is 700. The Labute approximate surface area is 125 Å². The Morgan fingerprint density at radius 1 is 1.33 bits per heavy atom. The Morgan fingerprint density at radius 2 is 2.05 bits per heavy atom. The van der Waals surface area contributed by atoms with Crippen LogP contribution in [-0.2, 0) is 4.79 Å². The van der Waals surface area contributed by atoms with Crippen molar-refractivity contribution in [3.63, 3.8) is 0 Å². The number of carboxylic acids is 1. The number of carbonyl (C=O) groups excluding carboxylic acids is 1. The lowest BCUT2D eigenvalue weighted by atomic mass is 9.96. The molecule has 2 aromatic heterocycles. The van der Waals surface area contributed by atoms with E-state index in [-0.39, 0.29) is 17.6 Å². The molecule has 0 spiro atoms. The average molecular weight is 308 g/mol. The van der Waals surface area contributed by atoms with Crippen LogP contribution in [0.5, 0.6) is 0 Å². The first-order valence-electron chi connectivity index (χ1n) is 6.96. The predicted molar refractivity (Wildman–Crippen MR) is 78.8 cm³/mol. The minimum absolute atomic E-state index is 0.0182. The summed E-state index contributed by atoms with van der Waals surface area (Å²) in [4.78, 5) is 26.8. The summed E-state index contributed by atoms with van der Waals surface area (Å²) in [6, 6.07) is 0.196. The van der Waals surface area contributed by atoms with Gasteiger partial charge in [-0.1, -0.05) is 30.6 Å². The lowest BCUT2D eigenvalue weighted by molar-refractivity contribution is -0.114. The maximum absolute atomic E-state index is 11.4. The number of carboxylic acid groups (broad SMARTS) is 1. The fourth-order valence-corrected chi connectivity index (χ4v) is 3.72. The maximum atomic E-state index is 11.4. The summed E-state index contributed by atoms with van der Waals surface area (Å²) in [6.07, 6.45) is 5.43. The molecule has 112 valence electrons. The minimum atomic E-state index is -1.06. The summed E-state index contributed by atoms with van der Waals surface area (Å²) in [5.74, 6) is -1.28. The van der Waals surface area contributed by atoms with Gasteiger partial charge < -0.3 is 10.4 Å². The quantitative estimate of drug-likeness (QED) is 0.908. The molecule has 0 aromatic carbocycles. The van der Waals surface area contributed by atoms with E-state index in [0.29, 0.717) is 15.5 Å². The molecule has 0 aliphatic heterocycles. The molecular formula is C13H16N4O3S. The van der Waals surface area contributed by atoms with Crippen molar-refractivity contribution in [2.24, 2.45) is 0 Å². The van der Waals surface area contributed by atoms with E-state index in [1.54, 1.807) is 4.68 Å². The van der Waals surface area contributed by atoms with Gasteiger partial charge in [0.05, 0.1) is 6.04 Å². The van der Waals surface area contributed by atoms with Crippen LogP contribution in [0.2, 0.25) is 0 Å². The van der Waals surface area contributed by atoms with E-state index >= 15 is 0 Å². The molecule has 2 N–H and O–H groups in total. The third-order valence-electron chi connectivity index (χ3n) is 3.66. The van der Waals surface area contributed by atoms with Gasteiger partial charge in [-0.05, 0) is 12.8 Å². The second-order valence-electron chi connectivity index (χ2n) is 5.24. The van der Waals surface area contributed by atoms with Crippen molar-refractivity contribution in [1.29, 1.82) is 0 Å². The number of amides is 1. The first kappa shape index (κ1) is 14.0. The van der Waals surface area contributed by atoms with Crippen LogP contribution < -0.4 is 5.32 Å². The van der Waals surface area contributed by atoms with E-state index in [1.165, 1.54) is 13.3 Å². The van der Waals surface area contributed by atoms with Gasteiger partial charge in [-0.25, -0.2) is 9.48 Å². The van der Waals surface area contributed by atoms with Gasteiger partial charge >= 0.3 is 5.97 Å². The van der Waals surface area contributed by atoms with Crippen molar-refractivity contribution in [1.82, 2.24) is 14.8 Å². The topological polar surface area (TPSA) is 97.1 Å². The Balaban J connectivity index is 2.07. The van der Waals surface area contributed by atoms with Crippen LogP contribution in [0, 0.1) is 0 Å². The van der Waals surface area contributed by atoms with Crippen molar-refractivity contribution in [3.05, 3.63) is 5.69 Å². The molecule has 1 aliphatic rings. The number of rotatable bonds is 3. The number of thiazole rings is 1. The van der Waals surface area contributed by atoms with Crippen LogP contribution in [0.1, 0.15) is 55.6 Å². The molecule has 1 fully saturated rings. The number of fused-ring (bicyclic) bond motifs is 1. The second kappa shape index (κ2) is 5.44. The molecule has 7 nitrogen and oxygen atoms in total. The van der Waals surface area contributed by atoms with Crippen LogP contribution in [0.15, 0.2) is 0 Å². The Kier molecular flexibility index (Phi) is 3.62. The predicted octanol–water partition coefficient (Wildman–Crippen LogP) is 2.65. The monoisotopic (exact) mass is 308 g/mol. The fraction of sp³-hybridized carbons (Fsp3) is 0.538. The number of hydrogen-bond acceptors (Lipinski definition) is 5. The van der Waals surface area contributed by atoms with Crippen molar-refractivity contribution in [3.8, 4) is 0 Å². The molecule has 0 saturated heterocycles. The Morgan fingerprint density at radius 3 is 2.67 bits per heavy atom. The molecule has 0 unspecified atom stereocenters. The van der Waals surface area contributed by atoms with Gasteiger partial charge in [0.2, 0.25) is 5.91 Å². The highest BCUT2D eigenvalue weighted by Crippen LogP contribution is 2.35. The third kappa shape index (κ3) is 2.63. The molecular weight excluding hydrogens is 292 g/mol. The lowest BCUT2D eigenvalue weighted by Crippen LogP contribution is -2.15. The van der Waals surface area contributed by atoms with E-state index in [0.717, 1.165) is 37.0 Å². The normalized spacial score (nSPS) is 16.2. The summed E-state index contributed by atoms with van der Waals surface area (Å²) < 4.78 is 2.26. The number of hydrogen-bond donors (Lipinski definition) is 2. The van der Waals surface area contributed by atoms with E-state index in [9.17, 15) is 14.7 Å². The van der Waals surface area contributed by atoms with Crippen LogP contribution in [-0.4, -0.2) is 31.7 Å². The van der Waals surface area contributed by atoms with Crippen LogP contribution in [0.4, 0.5) is 5.13 Å². The molecule has 1 aliphatic carbocycles. The Hall–Kier alpha value is -1.96. The number of anilines is 1. The second-order valence-corrected chi connectivity index (χ2v) is 6.24. The fourth-order valence-electron chi connectivity index (χ4n) is 2.75. The molecule has 0 atom stereocenters. The number of aromatic nitrogens is 3. The van der Waals surface area contributed by atoms with Gasteiger partial charge in [0.1, 0.15) is 4.70 Å². The van der Waals surface area contributed by atoms with Crippen molar-refractivity contribution in [2.45, 2.75) is 45.1 Å². The molecule has 21 heavy (non-hydrogen) atoms. The smallest absolute Gasteiger partial charge is 0.357 e. The van der Waals surface area contributed by atoms with Gasteiger partial charge in [0, 0.05) is 6.92 Å². The minimum Gasteiger partial charge on any atom is -0.476 e. The molecule has 2 aromatic rings. The molecule has 1 saturated carbocycles. The maximum Gasteiger partial charge on any atom is 0.357 e.